The van der Waals surface area contributed by atoms with Crippen molar-refractivity contribution in [2.45, 2.75) is 43.3 Å². The molecule has 0 amide bonds. The highest BCUT2D eigenvalue weighted by Gasteiger charge is 2.42. The molecule has 0 saturated heterocycles. The number of rotatable bonds is 4. The van der Waals surface area contributed by atoms with Crippen LogP contribution < -0.4 is 5.73 Å². The predicted octanol–water partition coefficient (Wildman–Crippen LogP) is 2.03. The van der Waals surface area contributed by atoms with Crippen LogP contribution >= 0.6 is 0 Å². The van der Waals surface area contributed by atoms with E-state index in [1.54, 1.807) is 0 Å². The van der Waals surface area contributed by atoms with Gasteiger partial charge in [-0.1, -0.05) is 24.3 Å². The van der Waals surface area contributed by atoms with Crippen molar-refractivity contribution in [1.29, 1.82) is 0 Å². The van der Waals surface area contributed by atoms with E-state index >= 15 is 0 Å². The molecule has 20 heavy (non-hydrogen) atoms. The molecule has 3 heteroatoms. The topological polar surface area (TPSA) is 32.5 Å². The van der Waals surface area contributed by atoms with Gasteiger partial charge in [0.2, 0.25) is 0 Å². The smallest absolute Gasteiger partial charge is 0.0459 e. The first-order chi connectivity index (χ1) is 9.53. The molecule has 3 rings (SSSR count). The van der Waals surface area contributed by atoms with Crippen LogP contribution in [0.1, 0.15) is 36.4 Å². The van der Waals surface area contributed by atoms with E-state index in [9.17, 15) is 0 Å². The van der Waals surface area contributed by atoms with Crippen LogP contribution in [0, 0.1) is 0 Å². The maximum Gasteiger partial charge on any atom is 0.0459 e. The van der Waals surface area contributed by atoms with E-state index in [-0.39, 0.29) is 6.04 Å². The summed E-state index contributed by atoms with van der Waals surface area (Å²) in [6, 6.07) is 9.27. The second-order valence-electron chi connectivity index (χ2n) is 6.88. The average molecular weight is 273 g/mol. The van der Waals surface area contributed by atoms with Crippen molar-refractivity contribution in [2.24, 2.45) is 5.73 Å². The number of nitrogens with zero attached hydrogens (tertiary/aromatic N) is 2. The standard InChI is InChI=1S/C17H27N3/c1-19(2)17(9-6-10-17)12-20(3)15-11-13-7-4-5-8-14(13)16(15)18/h4-5,7-8,15-16H,6,9-12,18H2,1-3H3. The molecule has 0 heterocycles. The lowest BCUT2D eigenvalue weighted by molar-refractivity contribution is 0.0142. The van der Waals surface area contributed by atoms with E-state index in [1.807, 2.05) is 0 Å². The van der Waals surface area contributed by atoms with E-state index in [0.29, 0.717) is 11.6 Å². The minimum Gasteiger partial charge on any atom is -0.323 e. The molecule has 2 unspecified atom stereocenters. The Kier molecular flexibility index (Phi) is 3.61. The molecule has 110 valence electrons. The van der Waals surface area contributed by atoms with Crippen LogP contribution in [0.4, 0.5) is 0 Å². The number of benzene rings is 1. The van der Waals surface area contributed by atoms with Gasteiger partial charge in [0.1, 0.15) is 0 Å². The molecule has 3 nitrogen and oxygen atoms in total. The highest BCUT2D eigenvalue weighted by atomic mass is 15.2. The van der Waals surface area contributed by atoms with Gasteiger partial charge in [0.05, 0.1) is 0 Å². The van der Waals surface area contributed by atoms with Crippen LogP contribution in [0.5, 0.6) is 0 Å². The van der Waals surface area contributed by atoms with E-state index in [2.05, 4.69) is 55.2 Å². The highest BCUT2D eigenvalue weighted by Crippen LogP contribution is 2.39. The molecule has 0 aromatic heterocycles. The molecular weight excluding hydrogens is 246 g/mol. The lowest BCUT2D eigenvalue weighted by Crippen LogP contribution is -2.58. The van der Waals surface area contributed by atoms with Crippen molar-refractivity contribution < 1.29 is 0 Å². The summed E-state index contributed by atoms with van der Waals surface area (Å²) in [7, 11) is 6.69. The van der Waals surface area contributed by atoms with Gasteiger partial charge >= 0.3 is 0 Å². The van der Waals surface area contributed by atoms with E-state index in [1.165, 1.54) is 30.4 Å². The summed E-state index contributed by atoms with van der Waals surface area (Å²) in [6.45, 7) is 1.13. The van der Waals surface area contributed by atoms with Gasteiger partial charge in [-0.3, -0.25) is 4.90 Å². The molecule has 1 aromatic rings. The van der Waals surface area contributed by atoms with Crippen LogP contribution in [0.15, 0.2) is 24.3 Å². The lowest BCUT2D eigenvalue weighted by Gasteiger charge is -2.50. The second-order valence-corrected chi connectivity index (χ2v) is 6.88. The molecule has 1 fully saturated rings. The summed E-state index contributed by atoms with van der Waals surface area (Å²) in [4.78, 5) is 4.92. The van der Waals surface area contributed by atoms with Crippen LogP contribution in [0.3, 0.4) is 0 Å². The number of hydrogen-bond donors (Lipinski definition) is 1. The molecule has 2 aliphatic carbocycles. The van der Waals surface area contributed by atoms with Crippen molar-refractivity contribution in [2.75, 3.05) is 27.7 Å². The van der Waals surface area contributed by atoms with E-state index in [0.717, 1.165) is 13.0 Å². The minimum atomic E-state index is 0.162. The zero-order valence-corrected chi connectivity index (χ0v) is 13.0. The zero-order valence-electron chi connectivity index (χ0n) is 13.0. The number of likely N-dealkylation sites (N-methyl/N-ethyl adjacent to an activating group) is 2. The van der Waals surface area contributed by atoms with Gasteiger partial charge in [-0.15, -0.1) is 0 Å². The summed E-state index contributed by atoms with van der Waals surface area (Å²) in [6.07, 6.45) is 5.10. The SMILES string of the molecule is CN(CC1(N(C)C)CCC1)C1Cc2ccccc2C1N. The van der Waals surface area contributed by atoms with Crippen LogP contribution in [-0.2, 0) is 6.42 Å². The Morgan fingerprint density at radius 3 is 2.45 bits per heavy atom. The molecule has 0 bridgehead atoms. The Balaban J connectivity index is 1.72. The summed E-state index contributed by atoms with van der Waals surface area (Å²) >= 11 is 0. The Hall–Kier alpha value is -0.900. The average Bonchev–Trinajstić information content (AvgIpc) is 2.71. The van der Waals surface area contributed by atoms with E-state index in [4.69, 9.17) is 5.73 Å². The van der Waals surface area contributed by atoms with Crippen LogP contribution in [0.25, 0.3) is 0 Å². The van der Waals surface area contributed by atoms with Gasteiger partial charge in [-0.05, 0) is 58.0 Å². The van der Waals surface area contributed by atoms with Gasteiger partial charge < -0.3 is 10.6 Å². The zero-order chi connectivity index (χ0) is 14.3. The summed E-state index contributed by atoms with van der Waals surface area (Å²) < 4.78 is 0. The first-order valence-electron chi connectivity index (χ1n) is 7.74. The summed E-state index contributed by atoms with van der Waals surface area (Å²) in [5.74, 6) is 0. The first-order valence-corrected chi connectivity index (χ1v) is 7.74. The normalized spacial score (nSPS) is 27.7. The Bertz CT molecular complexity index is 479. The summed E-state index contributed by atoms with van der Waals surface area (Å²) in [5.41, 5.74) is 9.65. The Morgan fingerprint density at radius 2 is 1.90 bits per heavy atom. The molecule has 1 saturated carbocycles. The molecular formula is C17H27N3. The van der Waals surface area contributed by atoms with Crippen molar-refractivity contribution in [3.8, 4) is 0 Å². The fourth-order valence-corrected chi connectivity index (χ4v) is 3.95. The number of nitrogens with two attached hydrogens (primary N) is 1. The van der Waals surface area contributed by atoms with Gasteiger partial charge in [-0.25, -0.2) is 0 Å². The van der Waals surface area contributed by atoms with Crippen molar-refractivity contribution in [3.63, 3.8) is 0 Å². The molecule has 0 radical (unpaired) electrons. The fourth-order valence-electron chi connectivity index (χ4n) is 3.95. The first kappa shape index (κ1) is 14.1. The van der Waals surface area contributed by atoms with E-state index < -0.39 is 0 Å². The molecule has 2 aliphatic rings. The monoisotopic (exact) mass is 273 g/mol. The second kappa shape index (κ2) is 5.14. The highest BCUT2D eigenvalue weighted by molar-refractivity contribution is 5.36. The third-order valence-corrected chi connectivity index (χ3v) is 5.60. The van der Waals surface area contributed by atoms with Crippen LogP contribution in [0.2, 0.25) is 0 Å². The molecule has 2 N–H and O–H groups in total. The van der Waals surface area contributed by atoms with Gasteiger partial charge in [0.15, 0.2) is 0 Å². The van der Waals surface area contributed by atoms with Crippen molar-refractivity contribution in [3.05, 3.63) is 35.4 Å². The van der Waals surface area contributed by atoms with Crippen LogP contribution in [-0.4, -0.2) is 49.1 Å². The fraction of sp³-hybridized carbons (Fsp3) is 0.647. The third kappa shape index (κ3) is 2.18. The number of fused-ring (bicyclic) bond motifs is 1. The third-order valence-electron chi connectivity index (χ3n) is 5.60. The Labute approximate surface area is 122 Å². The minimum absolute atomic E-state index is 0.162. The number of hydrogen-bond acceptors (Lipinski definition) is 3. The molecule has 1 aromatic carbocycles. The van der Waals surface area contributed by atoms with Gasteiger partial charge in [0.25, 0.3) is 0 Å². The largest absolute Gasteiger partial charge is 0.323 e. The van der Waals surface area contributed by atoms with Gasteiger partial charge in [0, 0.05) is 24.2 Å². The maximum atomic E-state index is 6.49. The van der Waals surface area contributed by atoms with Crippen molar-refractivity contribution in [1.82, 2.24) is 9.80 Å². The summed E-state index contributed by atoms with van der Waals surface area (Å²) in [5, 5.41) is 0. The molecule has 2 atom stereocenters. The van der Waals surface area contributed by atoms with Gasteiger partial charge in [-0.2, -0.15) is 0 Å². The quantitative estimate of drug-likeness (QED) is 0.911. The maximum absolute atomic E-state index is 6.49. The molecule has 0 aliphatic heterocycles. The molecule has 0 spiro atoms. The lowest BCUT2D eigenvalue weighted by atomic mass is 9.75. The van der Waals surface area contributed by atoms with Crippen molar-refractivity contribution >= 4 is 0 Å². The predicted molar refractivity (Wildman–Crippen MR) is 83.8 cm³/mol. The Morgan fingerprint density at radius 1 is 1.20 bits per heavy atom.